The predicted octanol–water partition coefficient (Wildman–Crippen LogP) is 2.73. The minimum atomic E-state index is 0.0836. The summed E-state index contributed by atoms with van der Waals surface area (Å²) < 4.78 is 0. The van der Waals surface area contributed by atoms with Gasteiger partial charge in [0.15, 0.2) is 0 Å². The van der Waals surface area contributed by atoms with Gasteiger partial charge in [0.05, 0.1) is 0 Å². The van der Waals surface area contributed by atoms with Crippen LogP contribution in [0.4, 0.5) is 0 Å². The lowest BCUT2D eigenvalue weighted by atomic mass is 10.1. The first kappa shape index (κ1) is 14.0. The van der Waals surface area contributed by atoms with Gasteiger partial charge in [0, 0.05) is 13.0 Å². The van der Waals surface area contributed by atoms with Crippen molar-refractivity contribution in [1.29, 1.82) is 0 Å². The van der Waals surface area contributed by atoms with Gasteiger partial charge in [0.1, 0.15) is 0 Å². The van der Waals surface area contributed by atoms with E-state index in [1.54, 1.807) is 6.92 Å². The third-order valence-electron chi connectivity index (χ3n) is 1.54. The van der Waals surface area contributed by atoms with Gasteiger partial charge in [-0.25, -0.2) is 0 Å². The molecule has 0 heterocycles. The SMILES string of the molecule is CC.CCCC(CC)NC(C)=O. The lowest BCUT2D eigenvalue weighted by Gasteiger charge is -2.13. The van der Waals surface area contributed by atoms with Crippen molar-refractivity contribution in [3.8, 4) is 0 Å². The van der Waals surface area contributed by atoms with Crippen molar-refractivity contribution in [2.24, 2.45) is 0 Å². The highest BCUT2D eigenvalue weighted by molar-refractivity contribution is 5.73. The molecule has 1 N–H and O–H groups in total. The largest absolute Gasteiger partial charge is 0.354 e. The van der Waals surface area contributed by atoms with E-state index in [2.05, 4.69) is 19.2 Å². The van der Waals surface area contributed by atoms with Gasteiger partial charge >= 0.3 is 0 Å². The summed E-state index contributed by atoms with van der Waals surface area (Å²) in [6, 6.07) is 0.391. The molecule has 74 valence electrons. The standard InChI is InChI=1S/C8H17NO.C2H6/c1-4-6-8(5-2)9-7(3)10;1-2/h8H,4-6H2,1-3H3,(H,9,10);1-2H3. The van der Waals surface area contributed by atoms with Crippen molar-refractivity contribution in [2.75, 3.05) is 0 Å². The molecule has 0 aromatic carbocycles. The Kier molecular flexibility index (Phi) is 12.2. The van der Waals surface area contributed by atoms with Crippen molar-refractivity contribution in [3.05, 3.63) is 0 Å². The smallest absolute Gasteiger partial charge is 0.217 e. The Bertz CT molecular complexity index is 102. The second-order valence-corrected chi connectivity index (χ2v) is 2.59. The molecule has 1 atom stereocenters. The summed E-state index contributed by atoms with van der Waals surface area (Å²) in [6.07, 6.45) is 3.27. The van der Waals surface area contributed by atoms with Gasteiger partial charge in [-0.3, -0.25) is 4.79 Å². The van der Waals surface area contributed by atoms with Crippen LogP contribution in [0.1, 0.15) is 53.9 Å². The van der Waals surface area contributed by atoms with Gasteiger partial charge in [-0.1, -0.05) is 34.1 Å². The third kappa shape index (κ3) is 9.47. The van der Waals surface area contributed by atoms with Crippen LogP contribution in [0.3, 0.4) is 0 Å². The fraction of sp³-hybridized carbons (Fsp3) is 0.900. The van der Waals surface area contributed by atoms with Crippen LogP contribution in [-0.4, -0.2) is 11.9 Å². The van der Waals surface area contributed by atoms with Gasteiger partial charge in [0.25, 0.3) is 0 Å². The fourth-order valence-electron chi connectivity index (χ4n) is 1.01. The number of hydrogen-bond acceptors (Lipinski definition) is 1. The first-order valence-corrected chi connectivity index (χ1v) is 4.97. The van der Waals surface area contributed by atoms with E-state index in [1.165, 1.54) is 0 Å². The molecule has 0 aliphatic heterocycles. The van der Waals surface area contributed by atoms with E-state index in [-0.39, 0.29) is 5.91 Å². The van der Waals surface area contributed by atoms with Crippen molar-refractivity contribution < 1.29 is 4.79 Å². The summed E-state index contributed by atoms with van der Waals surface area (Å²) in [5.74, 6) is 0.0836. The van der Waals surface area contributed by atoms with Crippen LogP contribution in [0.15, 0.2) is 0 Å². The van der Waals surface area contributed by atoms with E-state index >= 15 is 0 Å². The second kappa shape index (κ2) is 10.5. The fourth-order valence-corrected chi connectivity index (χ4v) is 1.01. The molecule has 1 amide bonds. The molecule has 0 fully saturated rings. The second-order valence-electron chi connectivity index (χ2n) is 2.59. The summed E-state index contributed by atoms with van der Waals surface area (Å²) in [4.78, 5) is 10.6. The van der Waals surface area contributed by atoms with Crippen LogP contribution in [-0.2, 0) is 4.79 Å². The quantitative estimate of drug-likeness (QED) is 0.696. The van der Waals surface area contributed by atoms with Crippen LogP contribution < -0.4 is 5.32 Å². The molecule has 0 aromatic rings. The summed E-state index contributed by atoms with van der Waals surface area (Å²) in [6.45, 7) is 9.79. The van der Waals surface area contributed by atoms with Gasteiger partial charge < -0.3 is 5.32 Å². The average molecular weight is 173 g/mol. The van der Waals surface area contributed by atoms with Crippen LogP contribution in [0.5, 0.6) is 0 Å². The lowest BCUT2D eigenvalue weighted by molar-refractivity contribution is -0.119. The van der Waals surface area contributed by atoms with Crippen LogP contribution in [0.2, 0.25) is 0 Å². The molecule has 0 aliphatic carbocycles. The van der Waals surface area contributed by atoms with Crippen molar-refractivity contribution in [3.63, 3.8) is 0 Å². The minimum absolute atomic E-state index is 0.0836. The van der Waals surface area contributed by atoms with Crippen LogP contribution in [0, 0.1) is 0 Å². The summed E-state index contributed by atoms with van der Waals surface area (Å²) in [5.41, 5.74) is 0. The molecule has 0 bridgehead atoms. The average Bonchev–Trinajstić information content (AvgIpc) is 2.07. The lowest BCUT2D eigenvalue weighted by Crippen LogP contribution is -2.32. The Hall–Kier alpha value is -0.530. The maximum atomic E-state index is 10.6. The van der Waals surface area contributed by atoms with E-state index < -0.39 is 0 Å². The Morgan fingerprint density at radius 3 is 2.08 bits per heavy atom. The molecule has 0 saturated heterocycles. The number of rotatable bonds is 4. The molecule has 0 aromatic heterocycles. The van der Waals surface area contributed by atoms with Crippen molar-refractivity contribution in [1.82, 2.24) is 5.32 Å². The number of hydrogen-bond donors (Lipinski definition) is 1. The molecular formula is C10H23NO. The first-order valence-electron chi connectivity index (χ1n) is 4.97. The minimum Gasteiger partial charge on any atom is -0.354 e. The maximum absolute atomic E-state index is 10.6. The zero-order valence-corrected chi connectivity index (χ0v) is 9.11. The Morgan fingerprint density at radius 2 is 1.83 bits per heavy atom. The van der Waals surface area contributed by atoms with E-state index in [9.17, 15) is 4.79 Å². The molecule has 0 spiro atoms. The van der Waals surface area contributed by atoms with E-state index in [4.69, 9.17) is 0 Å². The molecule has 2 nitrogen and oxygen atoms in total. The Labute approximate surface area is 76.7 Å². The van der Waals surface area contributed by atoms with Gasteiger partial charge in [0.2, 0.25) is 5.91 Å². The summed E-state index contributed by atoms with van der Waals surface area (Å²) >= 11 is 0. The van der Waals surface area contributed by atoms with Crippen LogP contribution >= 0.6 is 0 Å². The highest BCUT2D eigenvalue weighted by atomic mass is 16.1. The molecule has 2 heteroatoms. The highest BCUT2D eigenvalue weighted by Gasteiger charge is 2.04. The molecule has 0 aliphatic rings. The highest BCUT2D eigenvalue weighted by Crippen LogP contribution is 1.99. The molecule has 0 rings (SSSR count). The first-order chi connectivity index (χ1) is 5.70. The van der Waals surface area contributed by atoms with Crippen molar-refractivity contribution >= 4 is 5.91 Å². The zero-order valence-electron chi connectivity index (χ0n) is 9.11. The number of nitrogens with one attached hydrogen (secondary N) is 1. The molecule has 0 radical (unpaired) electrons. The molecule has 0 saturated carbocycles. The van der Waals surface area contributed by atoms with Gasteiger partial charge in [-0.15, -0.1) is 0 Å². The molecule has 12 heavy (non-hydrogen) atoms. The molecule has 1 unspecified atom stereocenters. The summed E-state index contributed by atoms with van der Waals surface area (Å²) in [5, 5.41) is 2.89. The normalized spacial score (nSPS) is 11.1. The third-order valence-corrected chi connectivity index (χ3v) is 1.54. The van der Waals surface area contributed by atoms with E-state index in [1.807, 2.05) is 13.8 Å². The Balaban J connectivity index is 0. The van der Waals surface area contributed by atoms with E-state index in [0.717, 1.165) is 19.3 Å². The Morgan fingerprint density at radius 1 is 1.33 bits per heavy atom. The van der Waals surface area contributed by atoms with Gasteiger partial charge in [-0.05, 0) is 12.8 Å². The maximum Gasteiger partial charge on any atom is 0.217 e. The summed E-state index contributed by atoms with van der Waals surface area (Å²) in [7, 11) is 0. The number of carbonyl (C=O) groups is 1. The van der Waals surface area contributed by atoms with Gasteiger partial charge in [-0.2, -0.15) is 0 Å². The van der Waals surface area contributed by atoms with Crippen LogP contribution in [0.25, 0.3) is 0 Å². The molecular weight excluding hydrogens is 150 g/mol. The zero-order chi connectivity index (χ0) is 9.98. The topological polar surface area (TPSA) is 29.1 Å². The number of carbonyl (C=O) groups excluding carboxylic acids is 1. The van der Waals surface area contributed by atoms with Crippen molar-refractivity contribution in [2.45, 2.75) is 59.9 Å². The predicted molar refractivity (Wildman–Crippen MR) is 54.2 cm³/mol. The van der Waals surface area contributed by atoms with E-state index in [0.29, 0.717) is 6.04 Å². The monoisotopic (exact) mass is 173 g/mol. The number of amides is 1.